The zero-order chi connectivity index (χ0) is 15.9. The zero-order valence-electron chi connectivity index (χ0n) is 12.0. The van der Waals surface area contributed by atoms with Crippen LogP contribution in [0.15, 0.2) is 35.7 Å². The zero-order valence-corrected chi connectivity index (χ0v) is 13.6. The van der Waals surface area contributed by atoms with E-state index in [0.29, 0.717) is 22.1 Å². The van der Waals surface area contributed by atoms with E-state index in [9.17, 15) is 4.79 Å². The highest BCUT2D eigenvalue weighted by atomic mass is 32.1. The number of carbonyl (C=O) groups excluding carboxylic acids is 1. The van der Waals surface area contributed by atoms with E-state index in [1.165, 1.54) is 11.3 Å². The molecule has 0 saturated carbocycles. The summed E-state index contributed by atoms with van der Waals surface area (Å²) in [6.45, 7) is 0. The van der Waals surface area contributed by atoms with E-state index < -0.39 is 0 Å². The number of para-hydroxylation sites is 1. The number of hydrogen-bond donors (Lipinski definition) is 3. The van der Waals surface area contributed by atoms with Gasteiger partial charge in [-0.25, -0.2) is 0 Å². The monoisotopic (exact) mass is 337 g/mol. The van der Waals surface area contributed by atoms with Gasteiger partial charge in [0.05, 0.1) is 19.1 Å². The molecular weight excluding hydrogens is 322 g/mol. The Balaban J connectivity index is 1.99. The summed E-state index contributed by atoms with van der Waals surface area (Å²) in [6, 6.07) is 8.88. The molecule has 3 N–H and O–H groups in total. The maximum absolute atomic E-state index is 11.8. The highest BCUT2D eigenvalue weighted by Gasteiger charge is 2.12. The maximum Gasteiger partial charge on any atom is 0.279 e. The predicted octanol–water partition coefficient (Wildman–Crippen LogP) is 2.40. The summed E-state index contributed by atoms with van der Waals surface area (Å²) in [6.07, 6.45) is 0. The van der Waals surface area contributed by atoms with Crippen molar-refractivity contribution >= 4 is 40.3 Å². The fraction of sp³-hybridized carbons (Fsp3) is 0.143. The SMILES string of the molecule is COc1cccc(OC)c1NC(=S)NNC(=O)c1cccs1. The van der Waals surface area contributed by atoms with Crippen molar-refractivity contribution in [1.82, 2.24) is 10.9 Å². The Bertz CT molecular complexity index is 637. The third kappa shape index (κ3) is 3.86. The summed E-state index contributed by atoms with van der Waals surface area (Å²) < 4.78 is 10.5. The van der Waals surface area contributed by atoms with Crippen molar-refractivity contribution in [1.29, 1.82) is 0 Å². The van der Waals surface area contributed by atoms with E-state index in [2.05, 4.69) is 16.2 Å². The first-order valence-corrected chi connectivity index (χ1v) is 7.56. The molecule has 0 aliphatic carbocycles. The average molecular weight is 337 g/mol. The molecule has 0 spiro atoms. The van der Waals surface area contributed by atoms with Crippen LogP contribution in [0.1, 0.15) is 9.67 Å². The molecule has 0 bridgehead atoms. The molecule has 1 heterocycles. The quantitative estimate of drug-likeness (QED) is 0.588. The summed E-state index contributed by atoms with van der Waals surface area (Å²) >= 11 is 6.50. The van der Waals surface area contributed by atoms with Gasteiger partial charge in [0.1, 0.15) is 17.2 Å². The summed E-state index contributed by atoms with van der Waals surface area (Å²) in [7, 11) is 3.10. The summed E-state index contributed by atoms with van der Waals surface area (Å²) in [5.74, 6) is 0.896. The fourth-order valence-corrected chi connectivity index (χ4v) is 2.47. The molecular formula is C14H15N3O3S2. The molecule has 116 valence electrons. The number of hydrazine groups is 1. The Morgan fingerprint density at radius 2 is 1.77 bits per heavy atom. The summed E-state index contributed by atoms with van der Waals surface area (Å²) in [5, 5.41) is 4.98. The van der Waals surface area contributed by atoms with E-state index in [1.54, 1.807) is 44.6 Å². The summed E-state index contributed by atoms with van der Waals surface area (Å²) in [5.41, 5.74) is 5.73. The smallest absolute Gasteiger partial charge is 0.279 e. The first kappa shape index (κ1) is 16.1. The first-order valence-electron chi connectivity index (χ1n) is 6.27. The molecule has 0 saturated heterocycles. The molecule has 0 atom stereocenters. The minimum atomic E-state index is -0.258. The Hall–Kier alpha value is -2.32. The lowest BCUT2D eigenvalue weighted by atomic mass is 10.2. The number of amides is 1. The largest absolute Gasteiger partial charge is 0.494 e. The van der Waals surface area contributed by atoms with Crippen molar-refractivity contribution in [3.05, 3.63) is 40.6 Å². The highest BCUT2D eigenvalue weighted by Crippen LogP contribution is 2.33. The number of rotatable bonds is 4. The molecule has 8 heteroatoms. The number of benzene rings is 1. The average Bonchev–Trinajstić information content (AvgIpc) is 3.07. The van der Waals surface area contributed by atoms with E-state index in [4.69, 9.17) is 21.7 Å². The molecule has 1 aromatic carbocycles. The van der Waals surface area contributed by atoms with Gasteiger partial charge in [0.2, 0.25) is 0 Å². The van der Waals surface area contributed by atoms with Crippen LogP contribution in [0.5, 0.6) is 11.5 Å². The topological polar surface area (TPSA) is 71.6 Å². The number of anilines is 1. The normalized spacial score (nSPS) is 9.73. The van der Waals surface area contributed by atoms with Crippen LogP contribution in [-0.4, -0.2) is 25.2 Å². The van der Waals surface area contributed by atoms with Crippen LogP contribution in [0.3, 0.4) is 0 Å². The van der Waals surface area contributed by atoms with Gasteiger partial charge in [0, 0.05) is 0 Å². The number of carbonyl (C=O) groups is 1. The minimum absolute atomic E-state index is 0.215. The molecule has 6 nitrogen and oxygen atoms in total. The number of methoxy groups -OCH3 is 2. The van der Waals surface area contributed by atoms with Crippen molar-refractivity contribution in [2.45, 2.75) is 0 Å². The molecule has 22 heavy (non-hydrogen) atoms. The fourth-order valence-electron chi connectivity index (χ4n) is 1.70. The van der Waals surface area contributed by atoms with Crippen molar-refractivity contribution in [3.8, 4) is 11.5 Å². The van der Waals surface area contributed by atoms with Crippen molar-refractivity contribution in [3.63, 3.8) is 0 Å². The maximum atomic E-state index is 11.8. The van der Waals surface area contributed by atoms with Gasteiger partial charge >= 0.3 is 0 Å². The molecule has 0 radical (unpaired) electrons. The number of thiocarbonyl (C=S) groups is 1. The van der Waals surface area contributed by atoms with E-state index in [0.717, 1.165) is 0 Å². The van der Waals surface area contributed by atoms with Crippen LogP contribution in [0.2, 0.25) is 0 Å². The minimum Gasteiger partial charge on any atom is -0.494 e. The van der Waals surface area contributed by atoms with Crippen LogP contribution in [0.25, 0.3) is 0 Å². The van der Waals surface area contributed by atoms with Gasteiger partial charge in [-0.1, -0.05) is 12.1 Å². The molecule has 0 aliphatic rings. The van der Waals surface area contributed by atoms with Crippen LogP contribution in [0.4, 0.5) is 5.69 Å². The van der Waals surface area contributed by atoms with Crippen LogP contribution < -0.4 is 25.6 Å². The Morgan fingerprint density at radius 3 is 2.32 bits per heavy atom. The van der Waals surface area contributed by atoms with E-state index in [-0.39, 0.29) is 11.0 Å². The van der Waals surface area contributed by atoms with Gasteiger partial charge in [0.25, 0.3) is 5.91 Å². The molecule has 2 aromatic rings. The van der Waals surface area contributed by atoms with Crippen molar-refractivity contribution < 1.29 is 14.3 Å². The van der Waals surface area contributed by atoms with Crippen LogP contribution >= 0.6 is 23.6 Å². The van der Waals surface area contributed by atoms with E-state index in [1.807, 2.05) is 5.38 Å². The second-order valence-electron chi connectivity index (χ2n) is 4.05. The van der Waals surface area contributed by atoms with Crippen LogP contribution in [-0.2, 0) is 0 Å². The third-order valence-electron chi connectivity index (χ3n) is 2.70. The van der Waals surface area contributed by atoms with Gasteiger partial charge in [-0.05, 0) is 35.8 Å². The predicted molar refractivity (Wildman–Crippen MR) is 90.7 cm³/mol. The van der Waals surface area contributed by atoms with Crippen molar-refractivity contribution in [2.24, 2.45) is 0 Å². The lowest BCUT2D eigenvalue weighted by Crippen LogP contribution is -2.43. The molecule has 0 aliphatic heterocycles. The molecule has 1 amide bonds. The van der Waals surface area contributed by atoms with Gasteiger partial charge in [0.15, 0.2) is 5.11 Å². The Morgan fingerprint density at radius 1 is 1.09 bits per heavy atom. The van der Waals surface area contributed by atoms with Crippen LogP contribution in [0, 0.1) is 0 Å². The molecule has 0 fully saturated rings. The Labute approximate surface area is 137 Å². The Kier molecular flexibility index (Phi) is 5.56. The van der Waals surface area contributed by atoms with Gasteiger partial charge in [-0.2, -0.15) is 0 Å². The number of thiophene rings is 1. The second-order valence-corrected chi connectivity index (χ2v) is 5.40. The number of hydrogen-bond acceptors (Lipinski definition) is 5. The second kappa shape index (κ2) is 7.62. The van der Waals surface area contributed by atoms with E-state index >= 15 is 0 Å². The number of nitrogens with one attached hydrogen (secondary N) is 3. The lowest BCUT2D eigenvalue weighted by Gasteiger charge is -2.16. The van der Waals surface area contributed by atoms with Gasteiger partial charge in [-0.15, -0.1) is 11.3 Å². The molecule has 2 rings (SSSR count). The number of ether oxygens (including phenoxy) is 2. The highest BCUT2D eigenvalue weighted by molar-refractivity contribution is 7.80. The standard InChI is InChI=1S/C14H15N3O3S2/c1-19-9-5-3-6-10(20-2)12(9)15-14(21)17-16-13(18)11-7-4-8-22-11/h3-8H,1-2H3,(H,16,18)(H2,15,17,21). The third-order valence-corrected chi connectivity index (χ3v) is 3.77. The lowest BCUT2D eigenvalue weighted by molar-refractivity contribution is 0.0948. The summed E-state index contributed by atoms with van der Waals surface area (Å²) in [4.78, 5) is 12.4. The molecule has 0 unspecified atom stereocenters. The van der Waals surface area contributed by atoms with Crippen molar-refractivity contribution in [2.75, 3.05) is 19.5 Å². The first-order chi connectivity index (χ1) is 10.7. The van der Waals surface area contributed by atoms with Gasteiger partial charge in [-0.3, -0.25) is 15.6 Å². The van der Waals surface area contributed by atoms with Gasteiger partial charge < -0.3 is 14.8 Å². The molecule has 1 aromatic heterocycles.